The van der Waals surface area contributed by atoms with Gasteiger partial charge in [-0.05, 0) is 17.9 Å². The van der Waals surface area contributed by atoms with E-state index in [1.807, 2.05) is 18.2 Å². The topological polar surface area (TPSA) is 46.5 Å². The molecule has 1 N–H and O–H groups in total. The molecule has 0 spiro atoms. The molecule has 1 rings (SSSR count). The Labute approximate surface area is 89.7 Å². The number of carbonyl (C=O) groups is 1. The summed E-state index contributed by atoms with van der Waals surface area (Å²) < 4.78 is 5.03. The van der Waals surface area contributed by atoms with Crippen LogP contribution in [-0.4, -0.2) is 24.3 Å². The predicted octanol–water partition coefficient (Wildman–Crippen LogP) is 1.97. The number of hydrogen-bond acceptors (Lipinski definition) is 2. The molecule has 0 aliphatic heterocycles. The minimum absolute atomic E-state index is 0.209. The second-order valence-corrected chi connectivity index (χ2v) is 3.70. The van der Waals surface area contributed by atoms with E-state index in [0.717, 1.165) is 6.42 Å². The third-order valence-electron chi connectivity index (χ3n) is 2.05. The van der Waals surface area contributed by atoms with E-state index in [1.165, 1.54) is 5.56 Å². The number of aliphatic carboxylic acids is 1. The van der Waals surface area contributed by atoms with Crippen molar-refractivity contribution in [1.82, 2.24) is 0 Å². The standard InChI is InChI=1S/C12H16O3/c1-10(8-15-9-12(13)14)7-11-5-3-2-4-6-11/h2-6,10H,7-9H2,1H3,(H,13,14)/t10-/m1/s1. The summed E-state index contributed by atoms with van der Waals surface area (Å²) in [5.41, 5.74) is 1.25. The molecule has 0 fully saturated rings. The third-order valence-corrected chi connectivity index (χ3v) is 2.05. The SMILES string of the molecule is C[C@@H](COCC(=O)O)Cc1ccccc1. The van der Waals surface area contributed by atoms with Crippen LogP contribution < -0.4 is 0 Å². The van der Waals surface area contributed by atoms with E-state index in [-0.39, 0.29) is 6.61 Å². The van der Waals surface area contributed by atoms with Gasteiger partial charge in [0.15, 0.2) is 0 Å². The Morgan fingerprint density at radius 1 is 1.40 bits per heavy atom. The molecule has 1 aromatic carbocycles. The van der Waals surface area contributed by atoms with Crippen LogP contribution in [0.25, 0.3) is 0 Å². The molecule has 0 saturated carbocycles. The van der Waals surface area contributed by atoms with Crippen LogP contribution in [0, 0.1) is 5.92 Å². The molecule has 3 heteroatoms. The fourth-order valence-electron chi connectivity index (χ4n) is 1.42. The minimum Gasteiger partial charge on any atom is -0.480 e. The van der Waals surface area contributed by atoms with Gasteiger partial charge in [-0.25, -0.2) is 4.79 Å². The number of rotatable bonds is 6. The number of hydrogen-bond donors (Lipinski definition) is 1. The van der Waals surface area contributed by atoms with Gasteiger partial charge >= 0.3 is 5.97 Å². The maximum absolute atomic E-state index is 10.2. The highest BCUT2D eigenvalue weighted by Crippen LogP contribution is 2.08. The largest absolute Gasteiger partial charge is 0.480 e. The van der Waals surface area contributed by atoms with Crippen molar-refractivity contribution in [2.45, 2.75) is 13.3 Å². The summed E-state index contributed by atoms with van der Waals surface area (Å²) in [6, 6.07) is 10.1. The molecule has 3 nitrogen and oxygen atoms in total. The lowest BCUT2D eigenvalue weighted by molar-refractivity contribution is -0.142. The Hall–Kier alpha value is -1.35. The summed E-state index contributed by atoms with van der Waals surface area (Å²) in [6.45, 7) is 2.33. The summed E-state index contributed by atoms with van der Waals surface area (Å²) >= 11 is 0. The molecule has 0 saturated heterocycles. The Morgan fingerprint density at radius 2 is 2.07 bits per heavy atom. The van der Waals surface area contributed by atoms with Gasteiger partial charge in [0, 0.05) is 0 Å². The Balaban J connectivity index is 2.24. The Bertz CT molecular complexity index is 295. The monoisotopic (exact) mass is 208 g/mol. The maximum atomic E-state index is 10.2. The lowest BCUT2D eigenvalue weighted by Crippen LogP contribution is -2.14. The van der Waals surface area contributed by atoms with Crippen molar-refractivity contribution in [3.8, 4) is 0 Å². The average molecular weight is 208 g/mol. The maximum Gasteiger partial charge on any atom is 0.329 e. The van der Waals surface area contributed by atoms with Crippen molar-refractivity contribution in [2.24, 2.45) is 5.92 Å². The molecule has 0 aliphatic carbocycles. The molecule has 0 unspecified atom stereocenters. The van der Waals surface area contributed by atoms with Gasteiger partial charge in [-0.15, -0.1) is 0 Å². The van der Waals surface area contributed by atoms with E-state index in [2.05, 4.69) is 19.1 Å². The van der Waals surface area contributed by atoms with E-state index >= 15 is 0 Å². The average Bonchev–Trinajstić information content (AvgIpc) is 2.18. The zero-order valence-corrected chi connectivity index (χ0v) is 8.85. The molecule has 0 amide bonds. The van der Waals surface area contributed by atoms with E-state index in [1.54, 1.807) is 0 Å². The summed E-state index contributed by atoms with van der Waals surface area (Å²) in [7, 11) is 0. The first-order valence-electron chi connectivity index (χ1n) is 5.02. The van der Waals surface area contributed by atoms with Crippen LogP contribution in [0.4, 0.5) is 0 Å². The zero-order valence-electron chi connectivity index (χ0n) is 8.85. The normalized spacial score (nSPS) is 12.3. The molecule has 0 aliphatic rings. The molecule has 82 valence electrons. The Morgan fingerprint density at radius 3 is 2.67 bits per heavy atom. The first-order valence-corrected chi connectivity index (χ1v) is 5.02. The molecule has 15 heavy (non-hydrogen) atoms. The van der Waals surface area contributed by atoms with Gasteiger partial charge in [-0.1, -0.05) is 37.3 Å². The second kappa shape index (κ2) is 6.19. The molecule has 0 bridgehead atoms. The minimum atomic E-state index is -0.915. The van der Waals surface area contributed by atoms with Gasteiger partial charge in [-0.2, -0.15) is 0 Å². The predicted molar refractivity (Wildman–Crippen MR) is 57.8 cm³/mol. The highest BCUT2D eigenvalue weighted by molar-refractivity contribution is 5.67. The van der Waals surface area contributed by atoms with Crippen LogP contribution >= 0.6 is 0 Å². The van der Waals surface area contributed by atoms with E-state index in [0.29, 0.717) is 12.5 Å². The first-order chi connectivity index (χ1) is 7.18. The quantitative estimate of drug-likeness (QED) is 0.777. The molecule has 0 heterocycles. The Kier molecular flexibility index (Phi) is 4.84. The number of ether oxygens (including phenoxy) is 1. The second-order valence-electron chi connectivity index (χ2n) is 3.70. The summed E-state index contributed by atoms with van der Waals surface area (Å²) in [5, 5.41) is 8.39. The van der Waals surface area contributed by atoms with Crippen LogP contribution in [0.5, 0.6) is 0 Å². The summed E-state index contributed by atoms with van der Waals surface area (Å²) in [6.07, 6.45) is 0.917. The van der Waals surface area contributed by atoms with Crippen LogP contribution in [0.1, 0.15) is 12.5 Å². The number of carboxylic acids is 1. The van der Waals surface area contributed by atoms with Gasteiger partial charge in [-0.3, -0.25) is 0 Å². The van der Waals surface area contributed by atoms with Crippen molar-refractivity contribution in [1.29, 1.82) is 0 Å². The molecule has 0 aromatic heterocycles. The van der Waals surface area contributed by atoms with Crippen LogP contribution in [0.3, 0.4) is 0 Å². The first kappa shape index (κ1) is 11.7. The fraction of sp³-hybridized carbons (Fsp3) is 0.417. The molecular weight excluding hydrogens is 192 g/mol. The van der Waals surface area contributed by atoms with Gasteiger partial charge < -0.3 is 9.84 Å². The van der Waals surface area contributed by atoms with E-state index in [4.69, 9.17) is 9.84 Å². The lowest BCUT2D eigenvalue weighted by atomic mass is 10.0. The highest BCUT2D eigenvalue weighted by Gasteiger charge is 2.05. The van der Waals surface area contributed by atoms with Gasteiger partial charge in [0.05, 0.1) is 6.61 Å². The van der Waals surface area contributed by atoms with Gasteiger partial charge in [0.25, 0.3) is 0 Å². The number of carboxylic acid groups (broad SMARTS) is 1. The van der Waals surface area contributed by atoms with Crippen molar-refractivity contribution in [3.05, 3.63) is 35.9 Å². The summed E-state index contributed by atoms with van der Waals surface area (Å²) in [5.74, 6) is -0.575. The third kappa shape index (κ3) is 5.18. The summed E-state index contributed by atoms with van der Waals surface area (Å²) in [4.78, 5) is 10.2. The van der Waals surface area contributed by atoms with Crippen molar-refractivity contribution >= 4 is 5.97 Å². The molecular formula is C12H16O3. The fourth-order valence-corrected chi connectivity index (χ4v) is 1.42. The van der Waals surface area contributed by atoms with Crippen LogP contribution in [-0.2, 0) is 16.0 Å². The lowest BCUT2D eigenvalue weighted by Gasteiger charge is -2.10. The van der Waals surface area contributed by atoms with Gasteiger partial charge in [0.2, 0.25) is 0 Å². The smallest absolute Gasteiger partial charge is 0.329 e. The van der Waals surface area contributed by atoms with Crippen LogP contribution in [0.2, 0.25) is 0 Å². The zero-order chi connectivity index (χ0) is 11.1. The number of benzene rings is 1. The van der Waals surface area contributed by atoms with Crippen molar-refractivity contribution in [2.75, 3.05) is 13.2 Å². The molecule has 1 aromatic rings. The van der Waals surface area contributed by atoms with Crippen molar-refractivity contribution < 1.29 is 14.6 Å². The molecule has 1 atom stereocenters. The van der Waals surface area contributed by atoms with Crippen molar-refractivity contribution in [3.63, 3.8) is 0 Å². The van der Waals surface area contributed by atoms with E-state index in [9.17, 15) is 4.79 Å². The highest BCUT2D eigenvalue weighted by atomic mass is 16.5. The van der Waals surface area contributed by atoms with Crippen LogP contribution in [0.15, 0.2) is 30.3 Å². The van der Waals surface area contributed by atoms with E-state index < -0.39 is 5.97 Å². The van der Waals surface area contributed by atoms with Gasteiger partial charge in [0.1, 0.15) is 6.61 Å². The molecule has 0 radical (unpaired) electrons.